The van der Waals surface area contributed by atoms with Crippen molar-refractivity contribution < 1.29 is 4.42 Å². The van der Waals surface area contributed by atoms with E-state index in [9.17, 15) is 0 Å². The van der Waals surface area contributed by atoms with Crippen LogP contribution in [0.3, 0.4) is 0 Å². The van der Waals surface area contributed by atoms with Gasteiger partial charge in [0.05, 0.1) is 12.2 Å². The van der Waals surface area contributed by atoms with E-state index in [0.717, 1.165) is 43.5 Å². The van der Waals surface area contributed by atoms with Crippen LogP contribution < -0.4 is 5.73 Å². The maximum absolute atomic E-state index is 6.07. The van der Waals surface area contributed by atoms with Gasteiger partial charge in [0.1, 0.15) is 5.76 Å². The minimum Gasteiger partial charge on any atom is -0.444 e. The second-order valence-corrected chi connectivity index (χ2v) is 7.01. The molecule has 2 heterocycles. The summed E-state index contributed by atoms with van der Waals surface area (Å²) in [6.45, 7) is 7.80. The topological polar surface area (TPSA) is 70.9 Å². The molecule has 1 saturated carbocycles. The Morgan fingerprint density at radius 2 is 1.96 bits per heavy atom. The number of hydrogen-bond acceptors (Lipinski definition) is 4. The van der Waals surface area contributed by atoms with E-state index in [1.54, 1.807) is 0 Å². The lowest BCUT2D eigenvalue weighted by atomic mass is 9.97. The van der Waals surface area contributed by atoms with Crippen LogP contribution in [-0.2, 0) is 6.54 Å². The number of halogens is 1. The third-order valence-electron chi connectivity index (χ3n) is 5.11. The summed E-state index contributed by atoms with van der Waals surface area (Å²) in [6.07, 6.45) is 4.85. The van der Waals surface area contributed by atoms with Crippen molar-refractivity contribution in [3.63, 3.8) is 0 Å². The van der Waals surface area contributed by atoms with Crippen LogP contribution in [0.25, 0.3) is 0 Å². The quantitative estimate of drug-likeness (QED) is 0.427. The fraction of sp³-hybridized carbons (Fsp3) is 0.765. The third kappa shape index (κ3) is 5.08. The second kappa shape index (κ2) is 8.51. The summed E-state index contributed by atoms with van der Waals surface area (Å²) in [6, 6.07) is 0.633. The Morgan fingerprint density at radius 1 is 1.29 bits per heavy atom. The molecule has 1 aromatic rings. The van der Waals surface area contributed by atoms with Crippen LogP contribution in [-0.4, -0.2) is 53.5 Å². The van der Waals surface area contributed by atoms with Crippen LogP contribution in [0.4, 0.5) is 0 Å². The molecule has 2 N–H and O–H groups in total. The number of aliphatic imine (C=N–C) groups is 1. The minimum atomic E-state index is 0. The molecule has 0 spiro atoms. The first-order valence-corrected chi connectivity index (χ1v) is 8.71. The van der Waals surface area contributed by atoms with Crippen molar-refractivity contribution in [2.75, 3.05) is 26.7 Å². The van der Waals surface area contributed by atoms with Gasteiger partial charge in [-0.1, -0.05) is 0 Å². The highest BCUT2D eigenvalue weighted by Gasteiger charge is 2.27. The van der Waals surface area contributed by atoms with Gasteiger partial charge in [-0.2, -0.15) is 0 Å². The number of piperidine rings is 1. The van der Waals surface area contributed by atoms with Gasteiger partial charge in [0.25, 0.3) is 0 Å². The fourth-order valence-corrected chi connectivity index (χ4v) is 3.11. The molecule has 1 aliphatic heterocycles. The van der Waals surface area contributed by atoms with Gasteiger partial charge in [0.2, 0.25) is 5.89 Å². The average molecular weight is 447 g/mol. The van der Waals surface area contributed by atoms with E-state index in [2.05, 4.69) is 26.8 Å². The first-order valence-electron chi connectivity index (χ1n) is 8.71. The minimum absolute atomic E-state index is 0. The van der Waals surface area contributed by atoms with Crippen molar-refractivity contribution in [2.45, 2.75) is 52.1 Å². The van der Waals surface area contributed by atoms with Gasteiger partial charge in [-0.25, -0.2) is 4.98 Å². The molecule has 6 nitrogen and oxygen atoms in total. The van der Waals surface area contributed by atoms with Crippen LogP contribution in [0.5, 0.6) is 0 Å². The Kier molecular flexibility index (Phi) is 6.91. The van der Waals surface area contributed by atoms with Gasteiger partial charge in [-0.05, 0) is 58.5 Å². The zero-order valence-electron chi connectivity index (χ0n) is 15.0. The van der Waals surface area contributed by atoms with E-state index in [0.29, 0.717) is 17.9 Å². The number of aromatic nitrogens is 1. The van der Waals surface area contributed by atoms with Crippen LogP contribution in [0, 0.1) is 19.8 Å². The summed E-state index contributed by atoms with van der Waals surface area (Å²) in [5.41, 5.74) is 7.07. The van der Waals surface area contributed by atoms with Gasteiger partial charge in [-0.3, -0.25) is 9.89 Å². The van der Waals surface area contributed by atoms with Crippen molar-refractivity contribution >= 4 is 29.9 Å². The van der Waals surface area contributed by atoms with E-state index in [1.807, 2.05) is 13.8 Å². The smallest absolute Gasteiger partial charge is 0.208 e. The monoisotopic (exact) mass is 447 g/mol. The molecule has 1 saturated heterocycles. The molecule has 0 aromatic carbocycles. The molecule has 0 unspecified atom stereocenters. The lowest BCUT2D eigenvalue weighted by molar-refractivity contribution is 0.166. The van der Waals surface area contributed by atoms with E-state index in [-0.39, 0.29) is 24.0 Å². The summed E-state index contributed by atoms with van der Waals surface area (Å²) in [5.74, 6) is 3.12. The molecule has 0 amide bonds. The molecular formula is C17H30IN5O. The molecule has 3 rings (SSSR count). The summed E-state index contributed by atoms with van der Waals surface area (Å²) in [5, 5.41) is 0. The number of likely N-dealkylation sites (tertiary alicyclic amines) is 1. The number of guanidine groups is 1. The molecule has 24 heavy (non-hydrogen) atoms. The van der Waals surface area contributed by atoms with Gasteiger partial charge >= 0.3 is 0 Å². The average Bonchev–Trinajstić information content (AvgIpc) is 3.33. The normalized spacial score (nSPS) is 20.0. The van der Waals surface area contributed by atoms with Gasteiger partial charge in [-0.15, -0.1) is 24.0 Å². The lowest BCUT2D eigenvalue weighted by Gasteiger charge is -2.30. The highest BCUT2D eigenvalue weighted by molar-refractivity contribution is 14.0. The van der Waals surface area contributed by atoms with Gasteiger partial charge in [0.15, 0.2) is 5.96 Å². The Balaban J connectivity index is 0.00000208. The SMILES string of the molecule is Cc1nc(CN2CCC(CN=C(N)N(C)C3CC3)CC2)oc1C.I. The van der Waals surface area contributed by atoms with Crippen LogP contribution in [0.15, 0.2) is 9.41 Å². The first-order chi connectivity index (χ1) is 11.0. The zero-order chi connectivity index (χ0) is 16.4. The molecule has 1 aliphatic carbocycles. The van der Waals surface area contributed by atoms with Crippen molar-refractivity contribution in [2.24, 2.45) is 16.6 Å². The van der Waals surface area contributed by atoms with E-state index in [4.69, 9.17) is 10.2 Å². The van der Waals surface area contributed by atoms with Crippen molar-refractivity contribution in [3.05, 3.63) is 17.3 Å². The van der Waals surface area contributed by atoms with E-state index >= 15 is 0 Å². The third-order valence-corrected chi connectivity index (χ3v) is 5.11. The van der Waals surface area contributed by atoms with Crippen molar-refractivity contribution in [1.29, 1.82) is 0 Å². The predicted molar refractivity (Wildman–Crippen MR) is 107 cm³/mol. The van der Waals surface area contributed by atoms with E-state index < -0.39 is 0 Å². The molecule has 2 fully saturated rings. The molecule has 0 radical (unpaired) electrons. The van der Waals surface area contributed by atoms with Crippen LogP contribution in [0.2, 0.25) is 0 Å². The molecule has 7 heteroatoms. The fourth-order valence-electron chi connectivity index (χ4n) is 3.11. The maximum atomic E-state index is 6.07. The standard InChI is InChI=1S/C17H29N5O.HI/c1-12-13(2)23-16(20-12)11-22-8-6-14(7-9-22)10-19-17(18)21(3)15-4-5-15;/h14-15H,4-11H2,1-3H3,(H2,18,19);1H. The molecule has 2 aliphatic rings. The predicted octanol–water partition coefficient (Wildman–Crippen LogP) is 2.53. The zero-order valence-corrected chi connectivity index (χ0v) is 17.3. The Labute approximate surface area is 161 Å². The van der Waals surface area contributed by atoms with Crippen molar-refractivity contribution in [1.82, 2.24) is 14.8 Å². The maximum Gasteiger partial charge on any atom is 0.208 e. The molecule has 136 valence electrons. The lowest BCUT2D eigenvalue weighted by Crippen LogP contribution is -2.37. The van der Waals surface area contributed by atoms with Crippen LogP contribution >= 0.6 is 24.0 Å². The largest absolute Gasteiger partial charge is 0.444 e. The second-order valence-electron chi connectivity index (χ2n) is 7.01. The van der Waals surface area contributed by atoms with E-state index in [1.165, 1.54) is 25.7 Å². The number of rotatable bonds is 5. The molecule has 0 bridgehead atoms. The number of oxazole rings is 1. The summed E-state index contributed by atoms with van der Waals surface area (Å²) in [4.78, 5) is 13.6. The number of nitrogens with zero attached hydrogens (tertiary/aromatic N) is 4. The Hall–Kier alpha value is -0.830. The summed E-state index contributed by atoms with van der Waals surface area (Å²) < 4.78 is 5.68. The molecule has 1 aromatic heterocycles. The summed E-state index contributed by atoms with van der Waals surface area (Å²) in [7, 11) is 2.06. The molecule has 0 atom stereocenters. The number of hydrogen-bond donors (Lipinski definition) is 1. The number of nitrogens with two attached hydrogens (primary N) is 1. The highest BCUT2D eigenvalue weighted by Crippen LogP contribution is 2.25. The Morgan fingerprint density at radius 3 is 2.50 bits per heavy atom. The summed E-state index contributed by atoms with van der Waals surface area (Å²) >= 11 is 0. The van der Waals surface area contributed by atoms with Crippen LogP contribution in [0.1, 0.15) is 43.0 Å². The molecular weight excluding hydrogens is 417 g/mol. The van der Waals surface area contributed by atoms with Crippen molar-refractivity contribution in [3.8, 4) is 0 Å². The highest BCUT2D eigenvalue weighted by atomic mass is 127. The Bertz CT molecular complexity index is 542. The first kappa shape index (κ1) is 19.5. The van der Waals surface area contributed by atoms with Gasteiger partial charge in [0, 0.05) is 19.6 Å². The number of aryl methyl sites for hydroxylation is 2. The van der Waals surface area contributed by atoms with Gasteiger partial charge < -0.3 is 15.1 Å².